The topological polar surface area (TPSA) is 21.3 Å². The molecule has 0 amide bonds. The first-order valence-corrected chi connectivity index (χ1v) is 3.50. The van der Waals surface area contributed by atoms with Gasteiger partial charge in [0.15, 0.2) is 0 Å². The fourth-order valence-electron chi connectivity index (χ4n) is 0.824. The number of hydrogen-bond acceptors (Lipinski definition) is 2. The molecule has 9 heavy (non-hydrogen) atoms. The van der Waals surface area contributed by atoms with Gasteiger partial charge in [0.05, 0.1) is 6.61 Å². The van der Waals surface area contributed by atoms with Crippen LogP contribution in [0, 0.1) is 0 Å². The van der Waals surface area contributed by atoms with Crippen molar-refractivity contribution in [2.45, 2.75) is 19.3 Å². The number of allylic oxidation sites excluding steroid dienone is 1. The lowest BCUT2D eigenvalue weighted by atomic mass is 10.2. The lowest BCUT2D eigenvalue weighted by Crippen LogP contribution is -2.15. The van der Waals surface area contributed by atoms with Crippen LogP contribution in [0.3, 0.4) is 0 Å². The Balaban J connectivity index is 2.15. The fourth-order valence-corrected chi connectivity index (χ4v) is 0.824. The molecule has 1 aliphatic heterocycles. The van der Waals surface area contributed by atoms with E-state index in [0.717, 1.165) is 6.54 Å². The summed E-state index contributed by atoms with van der Waals surface area (Å²) in [4.78, 5) is 5.02. The zero-order valence-corrected chi connectivity index (χ0v) is 5.60. The van der Waals surface area contributed by atoms with E-state index in [1.807, 2.05) is 0 Å². The van der Waals surface area contributed by atoms with Crippen molar-refractivity contribution < 1.29 is 4.84 Å². The molecule has 52 valence electrons. The molecule has 2 heteroatoms. The highest BCUT2D eigenvalue weighted by Gasteiger charge is 1.89. The third-order valence-corrected chi connectivity index (χ3v) is 1.35. The van der Waals surface area contributed by atoms with Crippen molar-refractivity contribution in [3.8, 4) is 0 Å². The average Bonchev–Trinajstić information content (AvgIpc) is 2.00. The molecule has 0 saturated heterocycles. The molecular formula is C7H13NO. The van der Waals surface area contributed by atoms with E-state index in [0.29, 0.717) is 6.61 Å². The van der Waals surface area contributed by atoms with Crippen molar-refractivity contribution in [3.05, 3.63) is 12.2 Å². The van der Waals surface area contributed by atoms with E-state index < -0.39 is 0 Å². The Morgan fingerprint density at radius 3 is 3.22 bits per heavy atom. The van der Waals surface area contributed by atoms with E-state index >= 15 is 0 Å². The number of nitrogens with one attached hydrogen (secondary N) is 1. The smallest absolute Gasteiger partial charge is 0.0863 e. The second-order valence-electron chi connectivity index (χ2n) is 2.17. The Kier molecular flexibility index (Phi) is 3.41. The molecule has 0 saturated carbocycles. The van der Waals surface area contributed by atoms with Crippen LogP contribution < -0.4 is 5.48 Å². The second-order valence-corrected chi connectivity index (χ2v) is 2.17. The molecule has 1 aliphatic rings. The van der Waals surface area contributed by atoms with Crippen LogP contribution >= 0.6 is 0 Å². The summed E-state index contributed by atoms with van der Waals surface area (Å²) in [5.41, 5.74) is 2.88. The molecule has 0 aromatic heterocycles. The predicted molar refractivity (Wildman–Crippen MR) is 36.9 cm³/mol. The van der Waals surface area contributed by atoms with Crippen molar-refractivity contribution in [1.82, 2.24) is 5.48 Å². The van der Waals surface area contributed by atoms with Gasteiger partial charge < -0.3 is 0 Å². The van der Waals surface area contributed by atoms with Gasteiger partial charge in [-0.1, -0.05) is 12.2 Å². The molecule has 0 aromatic rings. The maximum Gasteiger partial charge on any atom is 0.0863 e. The molecule has 0 aromatic carbocycles. The molecule has 0 aliphatic carbocycles. The lowest BCUT2D eigenvalue weighted by Gasteiger charge is -1.99. The highest BCUT2D eigenvalue weighted by molar-refractivity contribution is 4.81. The Morgan fingerprint density at radius 2 is 2.22 bits per heavy atom. The molecule has 0 fully saturated rings. The Labute approximate surface area is 55.9 Å². The zero-order valence-electron chi connectivity index (χ0n) is 5.60. The van der Waals surface area contributed by atoms with Crippen LogP contribution in [0.1, 0.15) is 19.3 Å². The molecule has 1 N–H and O–H groups in total. The van der Waals surface area contributed by atoms with Crippen LogP contribution in [0.25, 0.3) is 0 Å². The monoisotopic (exact) mass is 127 g/mol. The predicted octanol–water partition coefficient (Wildman–Crippen LogP) is 1.25. The SMILES string of the molecule is C1=C\CONCCCC/1. The first-order valence-electron chi connectivity index (χ1n) is 3.50. The zero-order chi connectivity index (χ0) is 6.36. The summed E-state index contributed by atoms with van der Waals surface area (Å²) >= 11 is 0. The van der Waals surface area contributed by atoms with Crippen molar-refractivity contribution >= 4 is 0 Å². The molecule has 1 heterocycles. The highest BCUT2D eigenvalue weighted by atomic mass is 16.6. The third kappa shape index (κ3) is 3.27. The summed E-state index contributed by atoms with van der Waals surface area (Å²) in [6, 6.07) is 0. The van der Waals surface area contributed by atoms with Crippen LogP contribution in [0.5, 0.6) is 0 Å². The molecule has 0 radical (unpaired) electrons. The normalized spacial score (nSPS) is 25.8. The maximum absolute atomic E-state index is 5.02. The number of rotatable bonds is 0. The van der Waals surface area contributed by atoms with Crippen molar-refractivity contribution in [1.29, 1.82) is 0 Å². The van der Waals surface area contributed by atoms with Gasteiger partial charge in [-0.2, -0.15) is 0 Å². The largest absolute Gasteiger partial charge is 0.298 e. The van der Waals surface area contributed by atoms with Gasteiger partial charge in [0.2, 0.25) is 0 Å². The van der Waals surface area contributed by atoms with Gasteiger partial charge in [0, 0.05) is 6.54 Å². The van der Waals surface area contributed by atoms with Gasteiger partial charge in [-0.3, -0.25) is 4.84 Å². The summed E-state index contributed by atoms with van der Waals surface area (Å²) in [7, 11) is 0. The first-order chi connectivity index (χ1) is 4.50. The van der Waals surface area contributed by atoms with Gasteiger partial charge in [-0.25, -0.2) is 5.48 Å². The summed E-state index contributed by atoms with van der Waals surface area (Å²) < 4.78 is 0. The van der Waals surface area contributed by atoms with E-state index in [4.69, 9.17) is 4.84 Å². The Morgan fingerprint density at radius 1 is 1.22 bits per heavy atom. The van der Waals surface area contributed by atoms with Gasteiger partial charge in [-0.15, -0.1) is 0 Å². The van der Waals surface area contributed by atoms with E-state index in [1.165, 1.54) is 19.3 Å². The first kappa shape index (κ1) is 6.78. The summed E-state index contributed by atoms with van der Waals surface area (Å²) in [5.74, 6) is 0. The van der Waals surface area contributed by atoms with Crippen LogP contribution in [0.15, 0.2) is 12.2 Å². The summed E-state index contributed by atoms with van der Waals surface area (Å²) in [5, 5.41) is 0. The number of hydroxylamine groups is 1. The summed E-state index contributed by atoms with van der Waals surface area (Å²) in [6.45, 7) is 1.70. The van der Waals surface area contributed by atoms with Gasteiger partial charge in [0.25, 0.3) is 0 Å². The van der Waals surface area contributed by atoms with Crippen molar-refractivity contribution in [2.75, 3.05) is 13.2 Å². The van der Waals surface area contributed by atoms with Gasteiger partial charge in [0.1, 0.15) is 0 Å². The average molecular weight is 127 g/mol. The maximum atomic E-state index is 5.02. The van der Waals surface area contributed by atoms with Gasteiger partial charge >= 0.3 is 0 Å². The molecular weight excluding hydrogens is 114 g/mol. The lowest BCUT2D eigenvalue weighted by molar-refractivity contribution is 0.0626. The Hall–Kier alpha value is -0.340. The van der Waals surface area contributed by atoms with E-state index in [1.54, 1.807) is 0 Å². The molecule has 0 spiro atoms. The van der Waals surface area contributed by atoms with Gasteiger partial charge in [-0.05, 0) is 19.3 Å². The van der Waals surface area contributed by atoms with E-state index in [-0.39, 0.29) is 0 Å². The quantitative estimate of drug-likeness (QED) is 0.494. The third-order valence-electron chi connectivity index (χ3n) is 1.35. The van der Waals surface area contributed by atoms with E-state index in [2.05, 4.69) is 17.6 Å². The van der Waals surface area contributed by atoms with Crippen LogP contribution in [0.4, 0.5) is 0 Å². The molecule has 0 atom stereocenters. The molecule has 2 nitrogen and oxygen atoms in total. The van der Waals surface area contributed by atoms with Crippen LogP contribution in [-0.2, 0) is 4.84 Å². The minimum Gasteiger partial charge on any atom is -0.298 e. The second kappa shape index (κ2) is 4.53. The molecule has 1 rings (SSSR count). The van der Waals surface area contributed by atoms with Crippen LogP contribution in [-0.4, -0.2) is 13.2 Å². The molecule has 0 unspecified atom stereocenters. The summed E-state index contributed by atoms with van der Waals surface area (Å²) in [6.07, 6.45) is 7.91. The highest BCUT2D eigenvalue weighted by Crippen LogP contribution is 1.96. The minimum atomic E-state index is 0.708. The van der Waals surface area contributed by atoms with Crippen molar-refractivity contribution in [2.24, 2.45) is 0 Å². The standard InChI is InChI=1S/C7H13NO/c1-2-4-6-8-9-7-5-3-1/h3,5,8H,1-2,4,6-7H2/b5-3-. The van der Waals surface area contributed by atoms with Crippen LogP contribution in [0.2, 0.25) is 0 Å². The fraction of sp³-hybridized carbons (Fsp3) is 0.714. The molecule has 0 bridgehead atoms. The number of hydrogen-bond donors (Lipinski definition) is 1. The van der Waals surface area contributed by atoms with E-state index in [9.17, 15) is 0 Å². The Bertz CT molecular complexity index is 80.9. The minimum absolute atomic E-state index is 0.708. The van der Waals surface area contributed by atoms with Crippen molar-refractivity contribution in [3.63, 3.8) is 0 Å².